The van der Waals surface area contributed by atoms with Gasteiger partial charge in [0.15, 0.2) is 0 Å². The maximum Gasteiger partial charge on any atom is 0.0415 e. The number of benzene rings is 1. The molecule has 0 fully saturated rings. The molecule has 0 bridgehead atoms. The summed E-state index contributed by atoms with van der Waals surface area (Å²) in [6, 6.07) is 6.77. The van der Waals surface area contributed by atoms with Crippen LogP contribution < -0.4 is 10.2 Å². The third-order valence-electron chi connectivity index (χ3n) is 3.54. The van der Waals surface area contributed by atoms with Gasteiger partial charge in [-0.05, 0) is 50.6 Å². The molecular weight excluding hydrogens is 268 g/mol. The van der Waals surface area contributed by atoms with Gasteiger partial charge in [-0.1, -0.05) is 38.3 Å². The van der Waals surface area contributed by atoms with Crippen LogP contribution in [0.4, 0.5) is 5.69 Å². The van der Waals surface area contributed by atoms with Crippen LogP contribution in [0.5, 0.6) is 0 Å². The molecule has 0 saturated carbocycles. The zero-order chi connectivity index (χ0) is 15.0. The normalized spacial score (nSPS) is 11.1. The number of unbranched alkanes of at least 4 members (excludes halogenated alkanes) is 2. The summed E-state index contributed by atoms with van der Waals surface area (Å²) < 4.78 is 0. The van der Waals surface area contributed by atoms with Crippen molar-refractivity contribution in [2.75, 3.05) is 18.0 Å². The van der Waals surface area contributed by atoms with Gasteiger partial charge in [-0.25, -0.2) is 0 Å². The van der Waals surface area contributed by atoms with Gasteiger partial charge in [-0.3, -0.25) is 0 Å². The van der Waals surface area contributed by atoms with Crippen LogP contribution in [0.15, 0.2) is 18.2 Å². The lowest BCUT2D eigenvalue weighted by Gasteiger charge is -2.31. The predicted molar refractivity (Wildman–Crippen MR) is 90.8 cm³/mol. The highest BCUT2D eigenvalue weighted by Crippen LogP contribution is 2.26. The van der Waals surface area contributed by atoms with Crippen molar-refractivity contribution in [3.8, 4) is 0 Å². The van der Waals surface area contributed by atoms with Gasteiger partial charge in [0.05, 0.1) is 0 Å². The van der Waals surface area contributed by atoms with E-state index in [1.807, 2.05) is 6.07 Å². The Morgan fingerprint density at radius 2 is 1.95 bits per heavy atom. The molecule has 0 heterocycles. The average molecular weight is 297 g/mol. The van der Waals surface area contributed by atoms with Gasteiger partial charge in [-0.2, -0.15) is 0 Å². The molecule has 2 nitrogen and oxygen atoms in total. The first-order valence-electron chi connectivity index (χ1n) is 7.85. The van der Waals surface area contributed by atoms with Gasteiger partial charge < -0.3 is 10.2 Å². The quantitative estimate of drug-likeness (QED) is 0.655. The van der Waals surface area contributed by atoms with Gasteiger partial charge in [0.2, 0.25) is 0 Å². The molecule has 1 N–H and O–H groups in total. The Bertz CT molecular complexity index is 391. The third-order valence-corrected chi connectivity index (χ3v) is 3.78. The van der Waals surface area contributed by atoms with Gasteiger partial charge >= 0.3 is 0 Å². The van der Waals surface area contributed by atoms with Crippen molar-refractivity contribution in [2.24, 2.45) is 0 Å². The predicted octanol–water partition coefficient (Wildman–Crippen LogP) is 4.85. The first-order chi connectivity index (χ1) is 9.60. The van der Waals surface area contributed by atoms with E-state index >= 15 is 0 Å². The minimum atomic E-state index is 0.508. The molecule has 0 aliphatic heterocycles. The van der Waals surface area contributed by atoms with Gasteiger partial charge in [-0.15, -0.1) is 0 Å². The van der Waals surface area contributed by atoms with E-state index in [0.29, 0.717) is 6.04 Å². The molecule has 0 aliphatic carbocycles. The second-order valence-electron chi connectivity index (χ2n) is 5.55. The fourth-order valence-electron chi connectivity index (χ4n) is 2.42. The number of nitrogens with zero attached hydrogens (tertiary/aromatic N) is 1. The van der Waals surface area contributed by atoms with E-state index in [1.165, 1.54) is 30.5 Å². The molecular formula is C17H29ClN2. The summed E-state index contributed by atoms with van der Waals surface area (Å²) in [4.78, 5) is 2.50. The van der Waals surface area contributed by atoms with Crippen LogP contribution in [0.1, 0.15) is 52.5 Å². The van der Waals surface area contributed by atoms with Crippen LogP contribution in [0.2, 0.25) is 5.02 Å². The monoisotopic (exact) mass is 296 g/mol. The molecule has 1 rings (SSSR count). The van der Waals surface area contributed by atoms with E-state index in [4.69, 9.17) is 11.6 Å². The summed E-state index contributed by atoms with van der Waals surface area (Å²) in [5.41, 5.74) is 2.62. The molecule has 0 saturated heterocycles. The van der Waals surface area contributed by atoms with Crippen molar-refractivity contribution in [3.63, 3.8) is 0 Å². The number of nitrogens with one attached hydrogen (secondary N) is 1. The van der Waals surface area contributed by atoms with Gasteiger partial charge in [0.25, 0.3) is 0 Å². The largest absolute Gasteiger partial charge is 0.369 e. The van der Waals surface area contributed by atoms with E-state index in [-0.39, 0.29) is 0 Å². The molecule has 20 heavy (non-hydrogen) atoms. The van der Waals surface area contributed by atoms with Crippen LogP contribution in [0.25, 0.3) is 0 Å². The lowest BCUT2D eigenvalue weighted by molar-refractivity contribution is 0.620. The summed E-state index contributed by atoms with van der Waals surface area (Å²) in [6.45, 7) is 11.9. The van der Waals surface area contributed by atoms with Gasteiger partial charge in [0, 0.05) is 29.8 Å². The van der Waals surface area contributed by atoms with Crippen molar-refractivity contribution in [3.05, 3.63) is 28.8 Å². The lowest BCUT2D eigenvalue weighted by Crippen LogP contribution is -2.33. The van der Waals surface area contributed by atoms with Crippen molar-refractivity contribution in [1.82, 2.24) is 5.32 Å². The minimum Gasteiger partial charge on any atom is -0.369 e. The minimum absolute atomic E-state index is 0.508. The number of halogens is 1. The summed E-state index contributed by atoms with van der Waals surface area (Å²) in [5, 5.41) is 4.23. The number of hydrogen-bond donors (Lipinski definition) is 1. The zero-order valence-corrected chi connectivity index (χ0v) is 14.1. The van der Waals surface area contributed by atoms with E-state index in [2.05, 4.69) is 50.0 Å². The highest BCUT2D eigenvalue weighted by Gasteiger charge is 2.14. The Kier molecular flexibility index (Phi) is 8.01. The highest BCUT2D eigenvalue weighted by atomic mass is 35.5. The van der Waals surface area contributed by atoms with Crippen molar-refractivity contribution >= 4 is 17.3 Å². The summed E-state index contributed by atoms with van der Waals surface area (Å²) in [7, 11) is 0. The molecule has 0 aliphatic rings. The van der Waals surface area contributed by atoms with Crippen molar-refractivity contribution < 1.29 is 0 Å². The van der Waals surface area contributed by atoms with E-state index in [9.17, 15) is 0 Å². The molecule has 1 aromatic rings. The summed E-state index contributed by atoms with van der Waals surface area (Å²) >= 11 is 6.16. The van der Waals surface area contributed by atoms with E-state index in [1.54, 1.807) is 0 Å². The smallest absolute Gasteiger partial charge is 0.0415 e. The summed E-state index contributed by atoms with van der Waals surface area (Å²) in [5.74, 6) is 0. The Labute approximate surface area is 129 Å². The first kappa shape index (κ1) is 17.3. The van der Waals surface area contributed by atoms with Crippen LogP contribution in [0, 0.1) is 0 Å². The molecule has 1 aromatic carbocycles. The molecule has 0 aromatic heterocycles. The maximum atomic E-state index is 6.16. The molecule has 0 atom stereocenters. The Morgan fingerprint density at radius 1 is 1.20 bits per heavy atom. The number of anilines is 1. The standard InChI is InChI=1S/C17H29ClN2/c1-5-7-8-11-20(14(3)4)17-10-9-16(18)12-15(17)13-19-6-2/h9-10,12,14,19H,5-8,11,13H2,1-4H3. The van der Waals surface area contributed by atoms with Crippen molar-refractivity contribution in [2.45, 2.75) is 59.5 Å². The second-order valence-corrected chi connectivity index (χ2v) is 5.98. The van der Waals surface area contributed by atoms with E-state index < -0.39 is 0 Å². The molecule has 0 radical (unpaired) electrons. The SMILES string of the molecule is CCCCCN(c1ccc(Cl)cc1CNCC)C(C)C. The molecule has 114 valence electrons. The van der Waals surface area contributed by atoms with Crippen molar-refractivity contribution in [1.29, 1.82) is 0 Å². The van der Waals surface area contributed by atoms with Gasteiger partial charge in [0.1, 0.15) is 0 Å². The zero-order valence-electron chi connectivity index (χ0n) is 13.4. The highest BCUT2D eigenvalue weighted by molar-refractivity contribution is 6.30. The Hall–Kier alpha value is -0.730. The van der Waals surface area contributed by atoms with E-state index in [0.717, 1.165) is 24.7 Å². The first-order valence-corrected chi connectivity index (χ1v) is 8.23. The maximum absolute atomic E-state index is 6.16. The molecule has 0 amide bonds. The number of rotatable bonds is 9. The molecule has 3 heteroatoms. The second kappa shape index (κ2) is 9.25. The Balaban J connectivity index is 2.92. The lowest BCUT2D eigenvalue weighted by atomic mass is 10.1. The van der Waals surface area contributed by atoms with Crippen LogP contribution in [-0.4, -0.2) is 19.1 Å². The third kappa shape index (κ3) is 5.34. The van der Waals surface area contributed by atoms with Crippen LogP contribution in [-0.2, 0) is 6.54 Å². The number of hydrogen-bond acceptors (Lipinski definition) is 2. The average Bonchev–Trinajstić information content (AvgIpc) is 2.42. The van der Waals surface area contributed by atoms with Crippen LogP contribution in [0.3, 0.4) is 0 Å². The molecule has 0 unspecified atom stereocenters. The Morgan fingerprint density at radius 3 is 2.55 bits per heavy atom. The molecule has 0 spiro atoms. The summed E-state index contributed by atoms with van der Waals surface area (Å²) in [6.07, 6.45) is 3.80. The topological polar surface area (TPSA) is 15.3 Å². The van der Waals surface area contributed by atoms with Crippen LogP contribution >= 0.6 is 11.6 Å². The fourth-order valence-corrected chi connectivity index (χ4v) is 2.62. The fraction of sp³-hybridized carbons (Fsp3) is 0.647.